The highest BCUT2D eigenvalue weighted by Crippen LogP contribution is 2.63. The first-order valence-electron chi connectivity index (χ1n) is 5.41. The van der Waals surface area contributed by atoms with Crippen molar-refractivity contribution in [1.29, 1.82) is 0 Å². The van der Waals surface area contributed by atoms with Crippen LogP contribution in [0, 0.1) is 5.41 Å². The third-order valence-electron chi connectivity index (χ3n) is 3.84. The largest absolute Gasteiger partial charge is 0.349 e. The minimum atomic E-state index is -0.749. The van der Waals surface area contributed by atoms with E-state index in [1.54, 1.807) is 13.8 Å². The fraction of sp³-hybridized carbons (Fsp3) is 0.909. The Bertz CT molecular complexity index is 270. The topological polar surface area (TPSA) is 55.1 Å². The zero-order valence-corrected chi connectivity index (χ0v) is 9.31. The second kappa shape index (κ2) is 2.51. The smallest absolute Gasteiger partial charge is 0.239 e. The van der Waals surface area contributed by atoms with E-state index < -0.39 is 5.54 Å². The van der Waals surface area contributed by atoms with E-state index in [9.17, 15) is 4.79 Å². The Balaban J connectivity index is 2.02. The van der Waals surface area contributed by atoms with Crippen molar-refractivity contribution in [3.05, 3.63) is 0 Å². The Morgan fingerprint density at radius 1 is 1.29 bits per heavy atom. The summed E-state index contributed by atoms with van der Waals surface area (Å²) in [7, 11) is 0. The molecule has 2 aliphatic rings. The molecule has 0 aliphatic heterocycles. The lowest BCUT2D eigenvalue weighted by molar-refractivity contribution is -0.126. The summed E-state index contributed by atoms with van der Waals surface area (Å²) in [6.45, 7) is 5.78. The molecule has 1 amide bonds. The third-order valence-corrected chi connectivity index (χ3v) is 3.84. The fourth-order valence-electron chi connectivity index (χ4n) is 2.05. The maximum absolute atomic E-state index is 11.8. The first-order valence-corrected chi connectivity index (χ1v) is 5.41. The van der Waals surface area contributed by atoms with Crippen LogP contribution in [0.1, 0.15) is 46.5 Å². The van der Waals surface area contributed by atoms with E-state index in [1.807, 2.05) is 0 Å². The Morgan fingerprint density at radius 2 is 1.79 bits per heavy atom. The molecule has 2 aliphatic carbocycles. The molecule has 0 saturated heterocycles. The fourth-order valence-corrected chi connectivity index (χ4v) is 2.05. The van der Waals surface area contributed by atoms with Gasteiger partial charge in [-0.2, -0.15) is 0 Å². The van der Waals surface area contributed by atoms with Crippen LogP contribution in [0.15, 0.2) is 0 Å². The lowest BCUT2D eigenvalue weighted by atomic mass is 9.94. The summed E-state index contributed by atoms with van der Waals surface area (Å²) >= 11 is 0. The summed E-state index contributed by atoms with van der Waals surface area (Å²) in [6, 6.07) is 0. The van der Waals surface area contributed by atoms with Crippen LogP contribution in [0.3, 0.4) is 0 Å². The van der Waals surface area contributed by atoms with Gasteiger partial charge in [0.05, 0.1) is 5.54 Å². The summed E-state index contributed by atoms with van der Waals surface area (Å²) in [4.78, 5) is 11.8. The molecule has 0 bridgehead atoms. The predicted octanol–water partition coefficient (Wildman–Crippen LogP) is 1.17. The van der Waals surface area contributed by atoms with E-state index in [0.29, 0.717) is 5.41 Å². The summed E-state index contributed by atoms with van der Waals surface area (Å²) in [5.41, 5.74) is 5.48. The molecule has 2 fully saturated rings. The molecule has 0 spiro atoms. The van der Waals surface area contributed by atoms with Gasteiger partial charge in [0.1, 0.15) is 0 Å². The van der Waals surface area contributed by atoms with E-state index in [4.69, 9.17) is 5.73 Å². The second-order valence-corrected chi connectivity index (χ2v) is 5.82. The lowest BCUT2D eigenvalue weighted by Crippen LogP contribution is -2.55. The third kappa shape index (κ3) is 1.44. The van der Waals surface area contributed by atoms with Crippen molar-refractivity contribution >= 4 is 5.91 Å². The van der Waals surface area contributed by atoms with Crippen LogP contribution in [0.4, 0.5) is 0 Å². The monoisotopic (exact) mass is 196 g/mol. The second-order valence-electron chi connectivity index (χ2n) is 5.82. The van der Waals surface area contributed by atoms with Crippen molar-refractivity contribution < 1.29 is 4.79 Å². The first kappa shape index (κ1) is 9.97. The van der Waals surface area contributed by atoms with E-state index in [-0.39, 0.29) is 11.4 Å². The molecule has 0 radical (unpaired) electrons. The molecule has 2 rings (SSSR count). The predicted molar refractivity (Wildman–Crippen MR) is 55.7 cm³/mol. The van der Waals surface area contributed by atoms with Crippen LogP contribution in [-0.4, -0.2) is 17.0 Å². The molecule has 3 nitrogen and oxygen atoms in total. The summed E-state index contributed by atoms with van der Waals surface area (Å²) in [5.74, 6) is -0.0110. The lowest BCUT2D eigenvalue weighted by Gasteiger charge is -2.28. The highest BCUT2D eigenvalue weighted by Gasteiger charge is 2.63. The first-order chi connectivity index (χ1) is 6.29. The highest BCUT2D eigenvalue weighted by molar-refractivity contribution is 5.86. The molecule has 0 atom stereocenters. The van der Waals surface area contributed by atoms with E-state index in [1.165, 1.54) is 12.8 Å². The van der Waals surface area contributed by atoms with E-state index >= 15 is 0 Å². The molecule has 0 aromatic rings. The van der Waals surface area contributed by atoms with Crippen LogP contribution in [-0.2, 0) is 4.79 Å². The van der Waals surface area contributed by atoms with Gasteiger partial charge in [-0.25, -0.2) is 0 Å². The van der Waals surface area contributed by atoms with Crippen LogP contribution in [0.5, 0.6) is 0 Å². The van der Waals surface area contributed by atoms with Crippen LogP contribution in [0.2, 0.25) is 0 Å². The number of carbonyl (C=O) groups excluding carboxylic acids is 1. The van der Waals surface area contributed by atoms with Crippen LogP contribution < -0.4 is 11.1 Å². The van der Waals surface area contributed by atoms with Gasteiger partial charge < -0.3 is 11.1 Å². The Kier molecular flexibility index (Phi) is 1.79. The normalized spacial score (nSPS) is 26.9. The molecule has 80 valence electrons. The van der Waals surface area contributed by atoms with Crippen molar-refractivity contribution in [2.24, 2.45) is 11.1 Å². The van der Waals surface area contributed by atoms with E-state index in [2.05, 4.69) is 12.2 Å². The molecule has 14 heavy (non-hydrogen) atoms. The van der Waals surface area contributed by atoms with Crippen molar-refractivity contribution in [3.63, 3.8) is 0 Å². The van der Waals surface area contributed by atoms with Crippen molar-refractivity contribution in [1.82, 2.24) is 5.32 Å². The molecule has 0 unspecified atom stereocenters. The maximum atomic E-state index is 11.8. The van der Waals surface area contributed by atoms with Gasteiger partial charge in [0.25, 0.3) is 0 Å². The molecule has 0 aromatic heterocycles. The summed E-state index contributed by atoms with van der Waals surface area (Å²) < 4.78 is 0. The number of amides is 1. The molecule has 0 aromatic carbocycles. The van der Waals surface area contributed by atoms with Crippen LogP contribution >= 0.6 is 0 Å². The number of nitrogens with one attached hydrogen (secondary N) is 1. The number of hydrogen-bond acceptors (Lipinski definition) is 2. The Labute approximate surface area is 85.4 Å². The van der Waals surface area contributed by atoms with Gasteiger partial charge in [0.2, 0.25) is 5.91 Å². The van der Waals surface area contributed by atoms with Gasteiger partial charge in [-0.05, 0) is 44.9 Å². The average Bonchev–Trinajstić information content (AvgIpc) is 2.86. The number of hydrogen-bond donors (Lipinski definition) is 2. The van der Waals surface area contributed by atoms with Gasteiger partial charge in [-0.3, -0.25) is 4.79 Å². The minimum Gasteiger partial charge on any atom is -0.349 e. The van der Waals surface area contributed by atoms with E-state index in [0.717, 1.165) is 12.8 Å². The molecular formula is C11H20N2O. The van der Waals surface area contributed by atoms with Crippen LogP contribution in [0.25, 0.3) is 0 Å². The zero-order chi connectivity index (χ0) is 10.6. The summed E-state index contributed by atoms with van der Waals surface area (Å²) in [6.07, 6.45) is 4.76. The van der Waals surface area contributed by atoms with Gasteiger partial charge in [-0.1, -0.05) is 6.92 Å². The van der Waals surface area contributed by atoms with Gasteiger partial charge in [0.15, 0.2) is 0 Å². The van der Waals surface area contributed by atoms with Crippen molar-refractivity contribution in [2.45, 2.75) is 57.5 Å². The quantitative estimate of drug-likeness (QED) is 0.712. The SMILES string of the molecule is CC(C)(N)C(=O)NC1(C2(C)CC2)CC1. The molecular weight excluding hydrogens is 176 g/mol. The maximum Gasteiger partial charge on any atom is 0.239 e. The standard InChI is InChI=1S/C11H20N2O/c1-9(2,12)8(14)13-11(6-7-11)10(3)4-5-10/h4-7,12H2,1-3H3,(H,13,14). The highest BCUT2D eigenvalue weighted by atomic mass is 16.2. The summed E-state index contributed by atoms with van der Waals surface area (Å²) in [5, 5.41) is 3.15. The molecule has 3 N–H and O–H groups in total. The van der Waals surface area contributed by atoms with Crippen molar-refractivity contribution in [2.75, 3.05) is 0 Å². The zero-order valence-electron chi connectivity index (χ0n) is 9.31. The molecule has 3 heteroatoms. The van der Waals surface area contributed by atoms with Gasteiger partial charge in [0, 0.05) is 5.54 Å². The Morgan fingerprint density at radius 3 is 2.07 bits per heavy atom. The van der Waals surface area contributed by atoms with Gasteiger partial charge >= 0.3 is 0 Å². The Hall–Kier alpha value is -0.570. The number of carbonyl (C=O) groups is 1. The average molecular weight is 196 g/mol. The minimum absolute atomic E-state index is 0.0110. The molecule has 2 saturated carbocycles. The van der Waals surface area contributed by atoms with Crippen molar-refractivity contribution in [3.8, 4) is 0 Å². The van der Waals surface area contributed by atoms with Gasteiger partial charge in [-0.15, -0.1) is 0 Å². The number of nitrogens with two attached hydrogens (primary N) is 1. The molecule has 0 heterocycles. The number of rotatable bonds is 3.